The van der Waals surface area contributed by atoms with E-state index in [1.807, 2.05) is 6.92 Å². The van der Waals surface area contributed by atoms with Gasteiger partial charge in [-0.2, -0.15) is 0 Å². The molecule has 2 aliphatic heterocycles. The lowest BCUT2D eigenvalue weighted by atomic mass is 10.2. The summed E-state index contributed by atoms with van der Waals surface area (Å²) in [5.74, 6) is 0.218. The highest BCUT2D eigenvalue weighted by molar-refractivity contribution is 5.96. The molecule has 2 aliphatic rings. The van der Waals surface area contributed by atoms with Gasteiger partial charge in [-0.05, 0) is 38.4 Å². The molecule has 2 fully saturated rings. The Labute approximate surface area is 130 Å². The van der Waals surface area contributed by atoms with Gasteiger partial charge in [-0.15, -0.1) is 0 Å². The molecule has 1 aromatic heterocycles. The number of carbonyl (C=O) groups is 1. The van der Waals surface area contributed by atoms with Crippen molar-refractivity contribution >= 4 is 5.91 Å². The van der Waals surface area contributed by atoms with Crippen LogP contribution in [0.3, 0.4) is 0 Å². The van der Waals surface area contributed by atoms with Gasteiger partial charge in [-0.1, -0.05) is 0 Å². The summed E-state index contributed by atoms with van der Waals surface area (Å²) in [6.45, 7) is 5.70. The predicted molar refractivity (Wildman–Crippen MR) is 82.1 cm³/mol. The number of rotatable bonds is 5. The normalized spacial score (nSPS) is 24.8. The lowest BCUT2D eigenvalue weighted by Crippen LogP contribution is -2.50. The molecule has 0 unspecified atom stereocenters. The summed E-state index contributed by atoms with van der Waals surface area (Å²) in [5, 5.41) is 2.94. The van der Waals surface area contributed by atoms with E-state index in [2.05, 4.69) is 15.2 Å². The molecule has 3 heterocycles. The van der Waals surface area contributed by atoms with E-state index in [0.29, 0.717) is 30.6 Å². The van der Waals surface area contributed by atoms with Gasteiger partial charge in [0.25, 0.3) is 5.91 Å². The molecule has 3 rings (SSSR count). The Bertz CT molecular complexity index is 523. The molecule has 2 saturated heterocycles. The van der Waals surface area contributed by atoms with E-state index in [0.717, 1.165) is 19.7 Å². The van der Waals surface area contributed by atoms with E-state index in [9.17, 15) is 4.79 Å². The molecule has 6 nitrogen and oxygen atoms in total. The maximum atomic E-state index is 12.3. The van der Waals surface area contributed by atoms with E-state index in [1.54, 1.807) is 18.3 Å². The summed E-state index contributed by atoms with van der Waals surface area (Å²) in [6.07, 6.45) is 4.16. The fourth-order valence-electron chi connectivity index (χ4n) is 3.13. The minimum absolute atomic E-state index is 0.0607. The van der Waals surface area contributed by atoms with Gasteiger partial charge in [0, 0.05) is 25.3 Å². The number of nitrogens with zero attached hydrogens (tertiary/aromatic N) is 2. The zero-order valence-corrected chi connectivity index (χ0v) is 13.0. The number of aromatic nitrogens is 1. The van der Waals surface area contributed by atoms with Crippen LogP contribution in [0, 0.1) is 0 Å². The van der Waals surface area contributed by atoms with Gasteiger partial charge < -0.3 is 14.8 Å². The van der Waals surface area contributed by atoms with Gasteiger partial charge >= 0.3 is 0 Å². The van der Waals surface area contributed by atoms with Crippen molar-refractivity contribution in [1.82, 2.24) is 15.2 Å². The maximum Gasteiger partial charge on any atom is 0.256 e. The van der Waals surface area contributed by atoms with Gasteiger partial charge in [0.05, 0.1) is 19.3 Å². The first-order valence-electron chi connectivity index (χ1n) is 7.99. The number of pyridine rings is 1. The van der Waals surface area contributed by atoms with E-state index >= 15 is 0 Å². The van der Waals surface area contributed by atoms with Crippen LogP contribution in [0.1, 0.15) is 30.1 Å². The third kappa shape index (κ3) is 3.39. The minimum atomic E-state index is -0.163. The monoisotopic (exact) mass is 305 g/mol. The van der Waals surface area contributed by atoms with Crippen LogP contribution in [-0.2, 0) is 4.74 Å². The fourth-order valence-corrected chi connectivity index (χ4v) is 3.13. The van der Waals surface area contributed by atoms with Crippen molar-refractivity contribution in [3.63, 3.8) is 0 Å². The molecule has 0 radical (unpaired) electrons. The maximum absolute atomic E-state index is 12.3. The second kappa shape index (κ2) is 7.07. The molecule has 22 heavy (non-hydrogen) atoms. The zero-order valence-electron chi connectivity index (χ0n) is 13.0. The van der Waals surface area contributed by atoms with Crippen LogP contribution in [0.4, 0.5) is 0 Å². The summed E-state index contributed by atoms with van der Waals surface area (Å²) in [4.78, 5) is 18.9. The van der Waals surface area contributed by atoms with Crippen molar-refractivity contribution in [2.75, 3.05) is 32.8 Å². The predicted octanol–water partition coefficient (Wildman–Crippen LogP) is 1.07. The van der Waals surface area contributed by atoms with E-state index in [4.69, 9.17) is 9.47 Å². The molecule has 1 N–H and O–H groups in total. The number of amides is 1. The van der Waals surface area contributed by atoms with E-state index in [-0.39, 0.29) is 12.0 Å². The lowest BCUT2D eigenvalue weighted by Gasteiger charge is -2.35. The third-order valence-corrected chi connectivity index (χ3v) is 4.25. The highest BCUT2D eigenvalue weighted by Crippen LogP contribution is 2.22. The molecular weight excluding hydrogens is 282 g/mol. The van der Waals surface area contributed by atoms with Gasteiger partial charge in [0.2, 0.25) is 5.88 Å². The molecule has 0 aromatic carbocycles. The summed E-state index contributed by atoms with van der Waals surface area (Å²) in [7, 11) is 0. The standard InChI is InChI=1S/C16H23N3O3/c1-2-21-16-14(6-3-7-17-16)15(20)18-9-13-10-19-8-4-5-12(19)11-22-13/h3,6-7,12-13H,2,4-5,8-11H2,1H3,(H,18,20)/t12-,13-/m1/s1. The Morgan fingerprint density at radius 2 is 2.50 bits per heavy atom. The fraction of sp³-hybridized carbons (Fsp3) is 0.625. The number of fused-ring (bicyclic) bond motifs is 1. The second-order valence-electron chi connectivity index (χ2n) is 5.75. The molecule has 2 atom stereocenters. The van der Waals surface area contributed by atoms with Crippen molar-refractivity contribution in [3.05, 3.63) is 23.9 Å². The Kier molecular flexibility index (Phi) is 4.90. The van der Waals surface area contributed by atoms with Crippen molar-refractivity contribution in [3.8, 4) is 5.88 Å². The summed E-state index contributed by atoms with van der Waals surface area (Å²) in [6, 6.07) is 4.05. The highest BCUT2D eigenvalue weighted by atomic mass is 16.5. The number of hydrogen-bond acceptors (Lipinski definition) is 5. The van der Waals surface area contributed by atoms with Gasteiger partial charge in [0.15, 0.2) is 0 Å². The largest absolute Gasteiger partial charge is 0.477 e. The smallest absolute Gasteiger partial charge is 0.256 e. The summed E-state index contributed by atoms with van der Waals surface area (Å²) < 4.78 is 11.2. The van der Waals surface area contributed by atoms with Crippen LogP contribution in [0.15, 0.2) is 18.3 Å². The molecule has 0 saturated carbocycles. The van der Waals surface area contributed by atoms with Gasteiger partial charge in [0.1, 0.15) is 5.56 Å². The Hall–Kier alpha value is -1.66. The van der Waals surface area contributed by atoms with Crippen LogP contribution < -0.4 is 10.1 Å². The topological polar surface area (TPSA) is 63.7 Å². The van der Waals surface area contributed by atoms with Crippen molar-refractivity contribution in [2.24, 2.45) is 0 Å². The van der Waals surface area contributed by atoms with Crippen LogP contribution >= 0.6 is 0 Å². The number of ether oxygens (including phenoxy) is 2. The molecule has 120 valence electrons. The summed E-state index contributed by atoms with van der Waals surface area (Å²) >= 11 is 0. The third-order valence-electron chi connectivity index (χ3n) is 4.25. The van der Waals surface area contributed by atoms with E-state index < -0.39 is 0 Å². The zero-order chi connectivity index (χ0) is 15.4. The number of morpholine rings is 1. The van der Waals surface area contributed by atoms with E-state index in [1.165, 1.54) is 12.8 Å². The molecular formula is C16H23N3O3. The average molecular weight is 305 g/mol. The molecule has 1 amide bonds. The first-order valence-corrected chi connectivity index (χ1v) is 7.99. The van der Waals surface area contributed by atoms with Crippen LogP contribution in [0.5, 0.6) is 5.88 Å². The SMILES string of the molecule is CCOc1ncccc1C(=O)NC[C@@H]1CN2CCC[C@@H]2CO1. The average Bonchev–Trinajstić information content (AvgIpc) is 3.01. The molecule has 1 aromatic rings. The van der Waals surface area contributed by atoms with Gasteiger partial charge in [-0.25, -0.2) is 4.98 Å². The van der Waals surface area contributed by atoms with Gasteiger partial charge in [-0.3, -0.25) is 9.69 Å². The van der Waals surface area contributed by atoms with Crippen molar-refractivity contribution in [2.45, 2.75) is 31.9 Å². The molecule has 0 aliphatic carbocycles. The first kappa shape index (κ1) is 15.2. The van der Waals surface area contributed by atoms with Crippen molar-refractivity contribution in [1.29, 1.82) is 0 Å². The van der Waals surface area contributed by atoms with Crippen LogP contribution in [0.2, 0.25) is 0 Å². The number of hydrogen-bond donors (Lipinski definition) is 1. The molecule has 6 heteroatoms. The lowest BCUT2D eigenvalue weighted by molar-refractivity contribution is -0.0462. The molecule has 0 spiro atoms. The second-order valence-corrected chi connectivity index (χ2v) is 5.75. The Morgan fingerprint density at radius 1 is 1.59 bits per heavy atom. The Balaban J connectivity index is 1.54. The molecule has 0 bridgehead atoms. The summed E-state index contributed by atoms with van der Waals surface area (Å²) in [5.41, 5.74) is 0.471. The van der Waals surface area contributed by atoms with Crippen LogP contribution in [-0.4, -0.2) is 60.8 Å². The number of carbonyl (C=O) groups excluding carboxylic acids is 1. The Morgan fingerprint density at radius 3 is 3.36 bits per heavy atom. The first-order chi connectivity index (χ1) is 10.8. The quantitative estimate of drug-likeness (QED) is 0.882. The minimum Gasteiger partial charge on any atom is -0.477 e. The highest BCUT2D eigenvalue weighted by Gasteiger charge is 2.32. The van der Waals surface area contributed by atoms with Crippen molar-refractivity contribution < 1.29 is 14.3 Å². The van der Waals surface area contributed by atoms with Crippen LogP contribution in [0.25, 0.3) is 0 Å². The number of nitrogens with one attached hydrogen (secondary N) is 1.